The zero-order valence-corrected chi connectivity index (χ0v) is 13.2. The maximum absolute atomic E-state index is 4.07. The van der Waals surface area contributed by atoms with Crippen molar-refractivity contribution in [2.45, 2.75) is 12.8 Å². The first-order valence-corrected chi connectivity index (χ1v) is 8.30. The summed E-state index contributed by atoms with van der Waals surface area (Å²) in [5.41, 5.74) is 3.63. The Morgan fingerprint density at radius 3 is 2.91 bits per heavy atom. The number of piperazine rings is 1. The lowest BCUT2D eigenvalue weighted by atomic mass is 10.1. The lowest BCUT2D eigenvalue weighted by Crippen LogP contribution is -2.43. The third-order valence-corrected chi connectivity index (χ3v) is 4.57. The molecule has 0 bridgehead atoms. The summed E-state index contributed by atoms with van der Waals surface area (Å²) in [6.45, 7) is 5.76. The number of nitrogens with zero attached hydrogens (tertiary/aromatic N) is 4. The molecule has 1 aromatic carbocycles. The number of aromatic nitrogens is 4. The minimum absolute atomic E-state index is 1.05. The quantitative estimate of drug-likeness (QED) is 0.751. The second-order valence-corrected chi connectivity index (χ2v) is 6.09. The molecule has 6 nitrogen and oxygen atoms in total. The van der Waals surface area contributed by atoms with Gasteiger partial charge in [-0.2, -0.15) is 0 Å². The predicted octanol–water partition coefficient (Wildman–Crippen LogP) is 1.59. The van der Waals surface area contributed by atoms with Crippen LogP contribution in [0.3, 0.4) is 0 Å². The van der Waals surface area contributed by atoms with Gasteiger partial charge >= 0.3 is 0 Å². The van der Waals surface area contributed by atoms with Crippen LogP contribution in [0.2, 0.25) is 0 Å². The van der Waals surface area contributed by atoms with Crippen molar-refractivity contribution in [3.63, 3.8) is 0 Å². The van der Waals surface area contributed by atoms with Gasteiger partial charge in [0.1, 0.15) is 0 Å². The van der Waals surface area contributed by atoms with Crippen molar-refractivity contribution >= 4 is 10.9 Å². The number of aryl methyl sites for hydroxylation is 1. The predicted molar refractivity (Wildman–Crippen MR) is 90.8 cm³/mol. The van der Waals surface area contributed by atoms with Crippen molar-refractivity contribution in [3.05, 3.63) is 42.4 Å². The molecule has 0 unspecified atom stereocenters. The van der Waals surface area contributed by atoms with E-state index in [4.69, 9.17) is 0 Å². The van der Waals surface area contributed by atoms with Gasteiger partial charge < -0.3 is 15.2 Å². The Bertz CT molecular complexity index is 755. The Kier molecular flexibility index (Phi) is 4.08. The summed E-state index contributed by atoms with van der Waals surface area (Å²) in [5.74, 6) is 0. The molecule has 2 aromatic heterocycles. The fraction of sp³-hybridized carbons (Fsp3) is 0.412. The van der Waals surface area contributed by atoms with E-state index < -0.39 is 0 Å². The maximum Gasteiger partial charge on any atom is 0.0697 e. The van der Waals surface area contributed by atoms with Crippen LogP contribution < -0.4 is 5.32 Å². The maximum atomic E-state index is 4.07. The van der Waals surface area contributed by atoms with E-state index in [9.17, 15) is 0 Å². The first-order valence-electron chi connectivity index (χ1n) is 8.30. The van der Waals surface area contributed by atoms with Gasteiger partial charge in [-0.15, -0.1) is 5.10 Å². The second kappa shape index (κ2) is 6.52. The van der Waals surface area contributed by atoms with E-state index in [1.807, 2.05) is 6.20 Å². The molecule has 4 rings (SSSR count). The minimum Gasteiger partial charge on any atom is -0.361 e. The Balaban J connectivity index is 1.47. The van der Waals surface area contributed by atoms with Gasteiger partial charge in [0.25, 0.3) is 0 Å². The average molecular weight is 310 g/mol. The molecule has 0 saturated carbocycles. The third kappa shape index (κ3) is 3.13. The monoisotopic (exact) mass is 310 g/mol. The van der Waals surface area contributed by atoms with Crippen molar-refractivity contribution < 1.29 is 0 Å². The highest BCUT2D eigenvalue weighted by Gasteiger charge is 2.10. The van der Waals surface area contributed by atoms with Gasteiger partial charge in [0.05, 0.1) is 18.1 Å². The van der Waals surface area contributed by atoms with Gasteiger partial charge in [-0.05, 0) is 43.1 Å². The zero-order valence-electron chi connectivity index (χ0n) is 13.2. The fourth-order valence-electron chi connectivity index (χ4n) is 3.29. The summed E-state index contributed by atoms with van der Waals surface area (Å²) in [6, 6.07) is 6.38. The molecule has 1 fully saturated rings. The fourth-order valence-corrected chi connectivity index (χ4v) is 3.29. The number of aromatic amines is 1. The smallest absolute Gasteiger partial charge is 0.0697 e. The molecule has 6 heteroatoms. The van der Waals surface area contributed by atoms with Crippen LogP contribution in [0, 0.1) is 0 Å². The number of fused-ring (bicyclic) bond motifs is 1. The van der Waals surface area contributed by atoms with E-state index >= 15 is 0 Å². The molecule has 3 heterocycles. The molecule has 2 N–H and O–H groups in total. The molecule has 0 amide bonds. The molecule has 120 valence electrons. The summed E-state index contributed by atoms with van der Waals surface area (Å²) in [5, 5.41) is 12.7. The van der Waals surface area contributed by atoms with E-state index in [1.54, 1.807) is 10.9 Å². The number of H-pyrrole nitrogens is 1. The second-order valence-electron chi connectivity index (χ2n) is 6.09. The van der Waals surface area contributed by atoms with E-state index in [0.29, 0.717) is 0 Å². The zero-order chi connectivity index (χ0) is 15.5. The van der Waals surface area contributed by atoms with Crippen LogP contribution in [0.1, 0.15) is 12.0 Å². The van der Waals surface area contributed by atoms with Gasteiger partial charge in [-0.25, -0.2) is 4.68 Å². The lowest BCUT2D eigenvalue weighted by Gasteiger charge is -2.26. The van der Waals surface area contributed by atoms with Crippen LogP contribution in [0.4, 0.5) is 0 Å². The van der Waals surface area contributed by atoms with Crippen LogP contribution >= 0.6 is 0 Å². The van der Waals surface area contributed by atoms with Crippen molar-refractivity contribution in [2.75, 3.05) is 32.7 Å². The molecule has 0 atom stereocenters. The lowest BCUT2D eigenvalue weighted by molar-refractivity contribution is 0.238. The summed E-state index contributed by atoms with van der Waals surface area (Å²) in [4.78, 5) is 5.93. The SMILES string of the molecule is c1cn(-c2ccc3[nH]cc(CCCN4CCNCC4)c3c2)nn1. The number of benzene rings is 1. The van der Waals surface area contributed by atoms with E-state index in [-0.39, 0.29) is 0 Å². The Hall–Kier alpha value is -2.18. The summed E-state index contributed by atoms with van der Waals surface area (Å²) < 4.78 is 1.80. The molecule has 0 aliphatic carbocycles. The summed E-state index contributed by atoms with van der Waals surface area (Å²) >= 11 is 0. The topological polar surface area (TPSA) is 61.8 Å². The van der Waals surface area contributed by atoms with Crippen molar-refractivity contribution in [3.8, 4) is 5.69 Å². The van der Waals surface area contributed by atoms with Crippen LogP contribution in [-0.4, -0.2) is 57.6 Å². The van der Waals surface area contributed by atoms with Crippen LogP contribution in [-0.2, 0) is 6.42 Å². The van der Waals surface area contributed by atoms with Gasteiger partial charge in [-0.1, -0.05) is 5.21 Å². The van der Waals surface area contributed by atoms with Crippen molar-refractivity contribution in [1.29, 1.82) is 0 Å². The Labute approximate surface area is 135 Å². The van der Waals surface area contributed by atoms with Crippen LogP contribution in [0.5, 0.6) is 0 Å². The largest absolute Gasteiger partial charge is 0.361 e. The van der Waals surface area contributed by atoms with E-state index in [1.165, 1.54) is 42.5 Å². The first kappa shape index (κ1) is 14.4. The van der Waals surface area contributed by atoms with Gasteiger partial charge in [0.15, 0.2) is 0 Å². The van der Waals surface area contributed by atoms with Gasteiger partial charge in [0.2, 0.25) is 0 Å². The minimum atomic E-state index is 1.05. The number of nitrogens with one attached hydrogen (secondary N) is 2. The third-order valence-electron chi connectivity index (χ3n) is 4.57. The standard InChI is InChI=1S/C17H22N6/c1(8-22-9-5-18-6-10-22)2-14-13-19-17-4-3-15(12-16(14)17)23-11-7-20-21-23/h3-4,7,11-13,18-19H,1-2,5-6,8-10H2. The normalized spacial score (nSPS) is 16.2. The molecule has 1 saturated heterocycles. The molecule has 3 aromatic rings. The number of hydrogen-bond donors (Lipinski definition) is 2. The van der Waals surface area contributed by atoms with Gasteiger partial charge in [-0.3, -0.25) is 0 Å². The molecular formula is C17H22N6. The Morgan fingerprint density at radius 1 is 1.17 bits per heavy atom. The molecule has 1 aliphatic heterocycles. The molecule has 23 heavy (non-hydrogen) atoms. The first-order chi connectivity index (χ1) is 11.4. The highest BCUT2D eigenvalue weighted by molar-refractivity contribution is 5.85. The molecule has 0 spiro atoms. The summed E-state index contributed by atoms with van der Waals surface area (Å²) in [6.07, 6.45) is 8.02. The highest BCUT2D eigenvalue weighted by atomic mass is 15.4. The number of rotatable bonds is 5. The van der Waals surface area contributed by atoms with E-state index in [2.05, 4.69) is 49.9 Å². The summed E-state index contributed by atoms with van der Waals surface area (Å²) in [7, 11) is 0. The molecular weight excluding hydrogens is 288 g/mol. The van der Waals surface area contributed by atoms with Crippen LogP contribution in [0.15, 0.2) is 36.8 Å². The van der Waals surface area contributed by atoms with Gasteiger partial charge in [0, 0.05) is 43.3 Å². The van der Waals surface area contributed by atoms with Crippen LogP contribution in [0.25, 0.3) is 16.6 Å². The highest BCUT2D eigenvalue weighted by Crippen LogP contribution is 2.22. The molecule has 1 aliphatic rings. The number of hydrogen-bond acceptors (Lipinski definition) is 4. The van der Waals surface area contributed by atoms with Crippen molar-refractivity contribution in [2.24, 2.45) is 0 Å². The molecule has 0 radical (unpaired) electrons. The van der Waals surface area contributed by atoms with Crippen molar-refractivity contribution in [1.82, 2.24) is 30.2 Å². The van der Waals surface area contributed by atoms with E-state index in [0.717, 1.165) is 25.2 Å². The average Bonchev–Trinajstić information content (AvgIpc) is 3.25. The Morgan fingerprint density at radius 2 is 2.09 bits per heavy atom.